The first-order valence-electron chi connectivity index (χ1n) is 6.40. The average molecular weight is 283 g/mol. The van der Waals surface area contributed by atoms with Crippen LogP contribution in [0.2, 0.25) is 5.02 Å². The second kappa shape index (κ2) is 5.80. The summed E-state index contributed by atoms with van der Waals surface area (Å²) in [7, 11) is 1.68. The second-order valence-electron chi connectivity index (χ2n) is 5.03. The summed E-state index contributed by atoms with van der Waals surface area (Å²) in [5, 5.41) is 0.437. The Morgan fingerprint density at radius 1 is 1.53 bits per heavy atom. The highest BCUT2D eigenvalue weighted by molar-refractivity contribution is 6.34. The summed E-state index contributed by atoms with van der Waals surface area (Å²) in [6.07, 6.45) is 1.02. The van der Waals surface area contributed by atoms with E-state index in [9.17, 15) is 4.79 Å². The number of ether oxygens (including phenoxy) is 1. The fraction of sp³-hybridized carbons (Fsp3) is 0.500. The first kappa shape index (κ1) is 14.2. The molecule has 1 aromatic rings. The molecule has 1 aromatic carbocycles. The molecular weight excluding hydrogens is 264 g/mol. The van der Waals surface area contributed by atoms with Crippen LogP contribution in [-0.2, 0) is 4.74 Å². The van der Waals surface area contributed by atoms with Gasteiger partial charge in [-0.2, -0.15) is 0 Å². The van der Waals surface area contributed by atoms with Crippen LogP contribution in [0.5, 0.6) is 0 Å². The minimum absolute atomic E-state index is 0.0775. The van der Waals surface area contributed by atoms with Crippen LogP contribution in [0, 0.1) is 5.92 Å². The van der Waals surface area contributed by atoms with Crippen LogP contribution >= 0.6 is 11.6 Å². The summed E-state index contributed by atoms with van der Waals surface area (Å²) in [4.78, 5) is 14.3. The number of methoxy groups -OCH3 is 1. The van der Waals surface area contributed by atoms with Crippen molar-refractivity contribution in [3.63, 3.8) is 0 Å². The number of nitrogen functional groups attached to an aromatic ring is 1. The molecule has 1 amide bonds. The molecule has 5 heteroatoms. The Labute approximate surface area is 118 Å². The van der Waals surface area contributed by atoms with E-state index in [-0.39, 0.29) is 12.0 Å². The SMILES string of the molecule is COC1CN(C(=O)c2cc(N)ccc2Cl)CCC1C. The number of piperidine rings is 1. The van der Waals surface area contributed by atoms with E-state index in [1.807, 2.05) is 0 Å². The molecule has 4 nitrogen and oxygen atoms in total. The summed E-state index contributed by atoms with van der Waals surface area (Å²) >= 11 is 6.07. The average Bonchev–Trinajstić information content (AvgIpc) is 2.41. The molecule has 1 aliphatic rings. The molecule has 2 rings (SSSR count). The number of hydrogen-bond donors (Lipinski definition) is 1. The van der Waals surface area contributed by atoms with Crippen LogP contribution in [0.4, 0.5) is 5.69 Å². The van der Waals surface area contributed by atoms with Crippen molar-refractivity contribution in [3.8, 4) is 0 Å². The predicted octanol–water partition coefficient (Wildman–Crippen LogP) is 2.42. The van der Waals surface area contributed by atoms with E-state index in [2.05, 4.69) is 6.92 Å². The summed E-state index contributed by atoms with van der Waals surface area (Å²) in [5.41, 5.74) is 6.72. The number of likely N-dealkylation sites (tertiary alicyclic amines) is 1. The third-order valence-electron chi connectivity index (χ3n) is 3.70. The lowest BCUT2D eigenvalue weighted by atomic mass is 9.95. The zero-order valence-corrected chi connectivity index (χ0v) is 12.0. The fourth-order valence-electron chi connectivity index (χ4n) is 2.40. The number of carbonyl (C=O) groups is 1. The van der Waals surface area contributed by atoms with E-state index in [0.29, 0.717) is 28.7 Å². The second-order valence-corrected chi connectivity index (χ2v) is 5.44. The van der Waals surface area contributed by atoms with E-state index in [0.717, 1.165) is 13.0 Å². The molecule has 0 radical (unpaired) electrons. The number of rotatable bonds is 2. The van der Waals surface area contributed by atoms with E-state index in [1.54, 1.807) is 30.2 Å². The summed E-state index contributed by atoms with van der Waals surface area (Å²) < 4.78 is 5.42. The van der Waals surface area contributed by atoms with Crippen molar-refractivity contribution in [1.29, 1.82) is 0 Å². The highest BCUT2D eigenvalue weighted by atomic mass is 35.5. The maximum Gasteiger partial charge on any atom is 0.255 e. The van der Waals surface area contributed by atoms with E-state index in [4.69, 9.17) is 22.1 Å². The quantitative estimate of drug-likeness (QED) is 0.848. The van der Waals surface area contributed by atoms with Gasteiger partial charge in [0.2, 0.25) is 0 Å². The number of nitrogens with two attached hydrogens (primary N) is 1. The Morgan fingerprint density at radius 2 is 2.26 bits per heavy atom. The molecule has 1 saturated heterocycles. The standard InChI is InChI=1S/C14H19ClN2O2/c1-9-5-6-17(8-13(9)19-2)14(18)11-7-10(16)3-4-12(11)15/h3-4,7,9,13H,5-6,8,16H2,1-2H3. The van der Waals surface area contributed by atoms with Gasteiger partial charge in [-0.25, -0.2) is 0 Å². The van der Waals surface area contributed by atoms with Crippen LogP contribution in [0.15, 0.2) is 18.2 Å². The molecular formula is C14H19ClN2O2. The van der Waals surface area contributed by atoms with Gasteiger partial charge in [-0.05, 0) is 30.5 Å². The molecule has 2 N–H and O–H groups in total. The number of benzene rings is 1. The van der Waals surface area contributed by atoms with E-state index >= 15 is 0 Å². The number of hydrogen-bond acceptors (Lipinski definition) is 3. The van der Waals surface area contributed by atoms with Crippen molar-refractivity contribution in [2.75, 3.05) is 25.9 Å². The maximum absolute atomic E-state index is 12.5. The molecule has 0 saturated carbocycles. The van der Waals surface area contributed by atoms with Gasteiger partial charge in [0, 0.05) is 25.9 Å². The number of halogens is 1. The zero-order valence-electron chi connectivity index (χ0n) is 11.2. The highest BCUT2D eigenvalue weighted by Gasteiger charge is 2.30. The van der Waals surface area contributed by atoms with Gasteiger partial charge < -0.3 is 15.4 Å². The Bertz CT molecular complexity index is 479. The summed E-state index contributed by atoms with van der Waals surface area (Å²) in [6, 6.07) is 4.98. The largest absolute Gasteiger partial charge is 0.399 e. The number of anilines is 1. The summed E-state index contributed by atoms with van der Waals surface area (Å²) in [6.45, 7) is 3.47. The Kier molecular flexibility index (Phi) is 4.32. The van der Waals surface area contributed by atoms with Crippen molar-refractivity contribution in [2.45, 2.75) is 19.4 Å². The lowest BCUT2D eigenvalue weighted by molar-refractivity contribution is -0.00155. The van der Waals surface area contributed by atoms with Gasteiger partial charge in [-0.1, -0.05) is 18.5 Å². The molecule has 2 unspecified atom stereocenters. The van der Waals surface area contributed by atoms with Gasteiger partial charge in [0.15, 0.2) is 0 Å². The van der Waals surface area contributed by atoms with Gasteiger partial charge in [0.1, 0.15) is 0 Å². The number of carbonyl (C=O) groups excluding carboxylic acids is 1. The van der Waals surface area contributed by atoms with E-state index < -0.39 is 0 Å². The zero-order chi connectivity index (χ0) is 14.0. The maximum atomic E-state index is 12.5. The lowest BCUT2D eigenvalue weighted by Crippen LogP contribution is -2.46. The molecule has 0 bridgehead atoms. The van der Waals surface area contributed by atoms with Crippen molar-refractivity contribution in [2.24, 2.45) is 5.92 Å². The van der Waals surface area contributed by atoms with Crippen molar-refractivity contribution in [1.82, 2.24) is 4.90 Å². The van der Waals surface area contributed by atoms with Gasteiger partial charge in [-0.15, -0.1) is 0 Å². The van der Waals surface area contributed by atoms with Crippen LogP contribution in [-0.4, -0.2) is 37.1 Å². The van der Waals surface area contributed by atoms with Crippen LogP contribution < -0.4 is 5.73 Å². The Balaban J connectivity index is 2.18. The van der Waals surface area contributed by atoms with Crippen molar-refractivity contribution < 1.29 is 9.53 Å². The number of nitrogens with zero attached hydrogens (tertiary/aromatic N) is 1. The minimum atomic E-state index is -0.0775. The van der Waals surface area contributed by atoms with Crippen LogP contribution in [0.3, 0.4) is 0 Å². The third kappa shape index (κ3) is 3.01. The minimum Gasteiger partial charge on any atom is -0.399 e. The molecule has 1 fully saturated rings. The molecule has 19 heavy (non-hydrogen) atoms. The molecule has 1 aliphatic heterocycles. The first-order valence-corrected chi connectivity index (χ1v) is 6.77. The molecule has 1 heterocycles. The van der Waals surface area contributed by atoms with Crippen LogP contribution in [0.25, 0.3) is 0 Å². The monoisotopic (exact) mass is 282 g/mol. The van der Waals surface area contributed by atoms with Crippen molar-refractivity contribution in [3.05, 3.63) is 28.8 Å². The summed E-state index contributed by atoms with van der Waals surface area (Å²) in [5.74, 6) is 0.386. The third-order valence-corrected chi connectivity index (χ3v) is 4.03. The van der Waals surface area contributed by atoms with Crippen LogP contribution in [0.1, 0.15) is 23.7 Å². The molecule has 2 atom stereocenters. The topological polar surface area (TPSA) is 55.6 Å². The van der Waals surface area contributed by atoms with Gasteiger partial charge >= 0.3 is 0 Å². The van der Waals surface area contributed by atoms with Gasteiger partial charge in [0.25, 0.3) is 5.91 Å². The van der Waals surface area contributed by atoms with Gasteiger partial charge in [0.05, 0.1) is 16.7 Å². The normalized spacial score (nSPS) is 23.4. The van der Waals surface area contributed by atoms with Gasteiger partial charge in [-0.3, -0.25) is 4.79 Å². The van der Waals surface area contributed by atoms with Crippen molar-refractivity contribution >= 4 is 23.2 Å². The Hall–Kier alpha value is -1.26. The lowest BCUT2D eigenvalue weighted by Gasteiger charge is -2.36. The number of amides is 1. The predicted molar refractivity (Wildman–Crippen MR) is 76.3 cm³/mol. The van der Waals surface area contributed by atoms with E-state index in [1.165, 1.54) is 0 Å². The Morgan fingerprint density at radius 3 is 2.95 bits per heavy atom. The smallest absolute Gasteiger partial charge is 0.255 e. The molecule has 0 aromatic heterocycles. The highest BCUT2D eigenvalue weighted by Crippen LogP contribution is 2.25. The molecule has 0 aliphatic carbocycles. The fourth-order valence-corrected chi connectivity index (χ4v) is 2.60. The molecule has 0 spiro atoms. The molecule has 104 valence electrons. The first-order chi connectivity index (χ1) is 9.02.